The molecule has 2 heterocycles. The Labute approximate surface area is 207 Å². The summed E-state index contributed by atoms with van der Waals surface area (Å²) in [6, 6.07) is 23.6. The van der Waals surface area contributed by atoms with E-state index in [-0.39, 0.29) is 0 Å². The van der Waals surface area contributed by atoms with Crippen LogP contribution in [0.5, 0.6) is 11.6 Å². The minimum Gasteiger partial charge on any atom is -0.493 e. The predicted octanol–water partition coefficient (Wildman–Crippen LogP) is 6.78. The number of para-hydroxylation sites is 2. The molecule has 0 radical (unpaired) electrons. The first-order chi connectivity index (χ1) is 16.7. The zero-order valence-corrected chi connectivity index (χ0v) is 20.1. The minimum absolute atomic E-state index is 0.432. The van der Waals surface area contributed by atoms with Gasteiger partial charge in [-0.1, -0.05) is 72.8 Å². The second-order valence-electron chi connectivity index (χ2n) is 7.74. The van der Waals surface area contributed by atoms with E-state index in [1.54, 1.807) is 0 Å². The van der Waals surface area contributed by atoms with E-state index in [0.717, 1.165) is 34.5 Å². The Balaban J connectivity index is 1.48. The number of benzene rings is 3. The number of rotatable bonds is 7. The van der Waals surface area contributed by atoms with E-state index in [1.807, 2.05) is 72.8 Å². The summed E-state index contributed by atoms with van der Waals surface area (Å²) in [6.07, 6.45) is 0.422. The summed E-state index contributed by atoms with van der Waals surface area (Å²) in [5, 5.41) is 13.6. The average Bonchev–Trinajstić information content (AvgIpc) is 3.04. The normalized spacial score (nSPS) is 14.2. The van der Waals surface area contributed by atoms with Gasteiger partial charge < -0.3 is 14.8 Å². The first-order valence-electron chi connectivity index (χ1n) is 11.1. The molecule has 172 valence electrons. The van der Waals surface area contributed by atoms with Crippen molar-refractivity contribution in [1.29, 1.82) is 0 Å². The number of halogens is 1. The highest BCUT2D eigenvalue weighted by Crippen LogP contribution is 2.41. The maximum absolute atomic E-state index is 6.42. The molecule has 1 atom stereocenters. The summed E-state index contributed by atoms with van der Waals surface area (Å²) in [5.74, 6) is 1.91. The van der Waals surface area contributed by atoms with E-state index in [9.17, 15) is 0 Å². The summed E-state index contributed by atoms with van der Waals surface area (Å²) in [7, 11) is 0. The van der Waals surface area contributed by atoms with E-state index in [1.165, 1.54) is 11.8 Å². The molecule has 1 aliphatic rings. The number of anilines is 1. The highest BCUT2D eigenvalue weighted by Gasteiger charge is 2.27. The molecule has 3 aromatic carbocycles. The number of nitrogens with zero attached hydrogens (tertiary/aromatic N) is 3. The fourth-order valence-corrected chi connectivity index (χ4v) is 4.48. The lowest BCUT2D eigenvalue weighted by molar-refractivity contribution is 0.215. The van der Waals surface area contributed by atoms with E-state index in [4.69, 9.17) is 26.1 Å². The maximum atomic E-state index is 6.42. The van der Waals surface area contributed by atoms with Crippen molar-refractivity contribution in [3.05, 3.63) is 88.9 Å². The highest BCUT2D eigenvalue weighted by molar-refractivity contribution is 7.98. The number of nitrogens with one attached hydrogen (secondary N) is 1. The quantitative estimate of drug-likeness (QED) is 0.286. The zero-order chi connectivity index (χ0) is 23.3. The van der Waals surface area contributed by atoms with Crippen molar-refractivity contribution in [2.75, 3.05) is 11.9 Å². The summed E-state index contributed by atoms with van der Waals surface area (Å²) in [6.45, 7) is 2.72. The van der Waals surface area contributed by atoms with Gasteiger partial charge in [0.1, 0.15) is 5.75 Å². The fraction of sp³-hybridized carbons (Fsp3) is 0.192. The molecule has 0 fully saturated rings. The van der Waals surface area contributed by atoms with Crippen LogP contribution in [0.4, 0.5) is 5.69 Å². The third-order valence-electron chi connectivity index (χ3n) is 5.28. The van der Waals surface area contributed by atoms with Crippen molar-refractivity contribution in [2.24, 2.45) is 0 Å². The molecule has 4 aromatic rings. The van der Waals surface area contributed by atoms with Crippen molar-refractivity contribution in [3.63, 3.8) is 0 Å². The number of aromatic nitrogens is 3. The Morgan fingerprint density at radius 3 is 2.65 bits per heavy atom. The van der Waals surface area contributed by atoms with Crippen LogP contribution in [0.15, 0.2) is 78.0 Å². The monoisotopic (exact) mass is 490 g/mol. The van der Waals surface area contributed by atoms with Crippen LogP contribution in [-0.4, -0.2) is 21.8 Å². The Bertz CT molecular complexity index is 1290. The fourth-order valence-electron chi connectivity index (χ4n) is 3.62. The van der Waals surface area contributed by atoms with Crippen LogP contribution in [0.2, 0.25) is 5.02 Å². The summed E-state index contributed by atoms with van der Waals surface area (Å²) in [5.41, 5.74) is 4.41. The van der Waals surface area contributed by atoms with Gasteiger partial charge in [0.25, 0.3) is 0 Å². The van der Waals surface area contributed by atoms with Crippen molar-refractivity contribution >= 4 is 29.1 Å². The van der Waals surface area contributed by atoms with E-state index in [0.29, 0.717) is 34.1 Å². The Hall–Kier alpha value is -3.29. The molecule has 1 aromatic heterocycles. The van der Waals surface area contributed by atoms with Crippen molar-refractivity contribution in [1.82, 2.24) is 15.2 Å². The molecule has 8 heteroatoms. The third kappa shape index (κ3) is 4.95. The summed E-state index contributed by atoms with van der Waals surface area (Å²) in [4.78, 5) is 4.73. The van der Waals surface area contributed by atoms with Crippen molar-refractivity contribution < 1.29 is 9.47 Å². The summed E-state index contributed by atoms with van der Waals surface area (Å²) >= 11 is 7.49. The molecule has 0 saturated carbocycles. The van der Waals surface area contributed by atoms with Gasteiger partial charge in [-0.25, -0.2) is 0 Å². The first-order valence-corrected chi connectivity index (χ1v) is 12.4. The van der Waals surface area contributed by atoms with Gasteiger partial charge in [0.2, 0.25) is 17.3 Å². The van der Waals surface area contributed by atoms with Gasteiger partial charge in [0.15, 0.2) is 5.69 Å². The lowest BCUT2D eigenvalue weighted by Gasteiger charge is -2.21. The van der Waals surface area contributed by atoms with E-state index < -0.39 is 6.23 Å². The van der Waals surface area contributed by atoms with Crippen LogP contribution < -0.4 is 14.8 Å². The molecule has 0 saturated heterocycles. The maximum Gasteiger partial charge on any atom is 0.247 e. The lowest BCUT2D eigenvalue weighted by atomic mass is 10.1. The largest absolute Gasteiger partial charge is 0.493 e. The topological polar surface area (TPSA) is 69.2 Å². The van der Waals surface area contributed by atoms with Gasteiger partial charge in [0.05, 0.1) is 12.2 Å². The Morgan fingerprint density at radius 2 is 1.79 bits per heavy atom. The Kier molecular flexibility index (Phi) is 6.83. The molecule has 0 spiro atoms. The van der Waals surface area contributed by atoms with E-state index in [2.05, 4.69) is 22.4 Å². The van der Waals surface area contributed by atoms with Crippen LogP contribution in [0.25, 0.3) is 11.3 Å². The molecule has 34 heavy (non-hydrogen) atoms. The molecule has 1 aliphatic heterocycles. The third-order valence-corrected chi connectivity index (χ3v) is 6.44. The molecule has 0 aliphatic carbocycles. The highest BCUT2D eigenvalue weighted by atomic mass is 35.5. The molecular formula is C26H23ClN4O2S. The first kappa shape index (κ1) is 22.5. The molecule has 0 unspecified atom stereocenters. The van der Waals surface area contributed by atoms with Crippen molar-refractivity contribution in [3.8, 4) is 22.9 Å². The van der Waals surface area contributed by atoms with Crippen molar-refractivity contribution in [2.45, 2.75) is 30.5 Å². The molecule has 6 nitrogen and oxygen atoms in total. The second kappa shape index (κ2) is 10.3. The predicted molar refractivity (Wildman–Crippen MR) is 135 cm³/mol. The standard InChI is InChI=1S/C26H23ClN4O2S/c1-2-15-32-22-10-6-4-8-20(22)24-28-21-9-5-3-7-19(21)23-25(33-24)29-26(31-30-23)34-16-17-11-13-18(27)14-12-17/h3-14,24,28H,2,15-16H2,1H3/t24-/m1/s1. The zero-order valence-electron chi connectivity index (χ0n) is 18.6. The van der Waals surface area contributed by atoms with Crippen LogP contribution >= 0.6 is 23.4 Å². The number of ether oxygens (including phenoxy) is 2. The van der Waals surface area contributed by atoms with Gasteiger partial charge in [-0.05, 0) is 42.3 Å². The molecule has 5 rings (SSSR count). The summed E-state index contributed by atoms with van der Waals surface area (Å²) < 4.78 is 12.4. The van der Waals surface area contributed by atoms with Gasteiger partial charge in [-0.3, -0.25) is 0 Å². The molecule has 0 bridgehead atoms. The molecule has 1 N–H and O–H groups in total. The molecule has 0 amide bonds. The second-order valence-corrected chi connectivity index (χ2v) is 9.12. The van der Waals surface area contributed by atoms with Crippen LogP contribution in [0, 0.1) is 0 Å². The number of thioether (sulfide) groups is 1. The lowest BCUT2D eigenvalue weighted by Crippen LogP contribution is -2.18. The van der Waals surface area contributed by atoms with E-state index >= 15 is 0 Å². The smallest absolute Gasteiger partial charge is 0.247 e. The minimum atomic E-state index is -0.499. The number of hydrogen-bond acceptors (Lipinski definition) is 7. The van der Waals surface area contributed by atoms with Crippen LogP contribution in [0.1, 0.15) is 30.7 Å². The Morgan fingerprint density at radius 1 is 1.00 bits per heavy atom. The van der Waals surface area contributed by atoms with Crippen LogP contribution in [0.3, 0.4) is 0 Å². The van der Waals surface area contributed by atoms with Gasteiger partial charge in [-0.15, -0.1) is 10.2 Å². The van der Waals surface area contributed by atoms with Gasteiger partial charge in [-0.2, -0.15) is 4.98 Å². The SMILES string of the molecule is CCCOc1ccccc1[C@@H]1Nc2ccccc2-c2nnc(SCc3ccc(Cl)cc3)nc2O1. The van der Waals surface area contributed by atoms with Crippen LogP contribution in [-0.2, 0) is 5.75 Å². The van der Waals surface area contributed by atoms with Gasteiger partial charge >= 0.3 is 0 Å². The number of fused-ring (bicyclic) bond motifs is 3. The molecular weight excluding hydrogens is 468 g/mol. The number of hydrogen-bond donors (Lipinski definition) is 1. The van der Waals surface area contributed by atoms with Gasteiger partial charge in [0, 0.05) is 22.0 Å². The average molecular weight is 491 g/mol.